The van der Waals surface area contributed by atoms with Gasteiger partial charge in [0.05, 0.1) is 11.8 Å². The molecule has 0 aliphatic heterocycles. The van der Waals surface area contributed by atoms with Gasteiger partial charge in [-0.15, -0.1) is 0 Å². The second-order valence-electron chi connectivity index (χ2n) is 3.28. The summed E-state index contributed by atoms with van der Waals surface area (Å²) in [7, 11) is 0. The molecule has 11 heavy (non-hydrogen) atoms. The quantitative estimate of drug-likeness (QED) is 0.711. The molecule has 1 aromatic rings. The normalized spacial score (nSPS) is 11.9. The highest BCUT2D eigenvalue weighted by Crippen LogP contribution is 2.32. The molecule has 1 aromatic heterocycles. The summed E-state index contributed by atoms with van der Waals surface area (Å²) < 4.78 is 4.56. The molecule has 0 bridgehead atoms. The van der Waals surface area contributed by atoms with Crippen LogP contribution in [0.3, 0.4) is 0 Å². The van der Waals surface area contributed by atoms with E-state index in [2.05, 4.69) is 16.6 Å². The van der Waals surface area contributed by atoms with Crippen molar-refractivity contribution in [2.24, 2.45) is 0 Å². The molecule has 0 radical (unpaired) electrons. The second-order valence-corrected chi connectivity index (χ2v) is 3.28. The van der Waals surface area contributed by atoms with Crippen molar-refractivity contribution in [3.8, 4) is 5.95 Å². The minimum absolute atomic E-state index is 0.0515. The minimum Gasteiger partial charge on any atom is -0.479 e. The van der Waals surface area contributed by atoms with Crippen LogP contribution in [0.4, 0.5) is 0 Å². The molecule has 3 heteroatoms. The van der Waals surface area contributed by atoms with E-state index in [9.17, 15) is 5.11 Å². The van der Waals surface area contributed by atoms with Crippen LogP contribution in [0.15, 0.2) is 10.7 Å². The summed E-state index contributed by atoms with van der Waals surface area (Å²) in [5, 5.41) is 12.7. The summed E-state index contributed by atoms with van der Waals surface area (Å²) in [5.41, 5.74) is 0.726. The molecule has 0 aromatic carbocycles. The molecule has 0 saturated heterocycles. The lowest BCUT2D eigenvalue weighted by Gasteiger charge is -2.19. The first-order valence-corrected chi connectivity index (χ1v) is 3.72. The Kier molecular flexibility index (Phi) is 1.89. The van der Waals surface area contributed by atoms with E-state index in [-0.39, 0.29) is 11.4 Å². The van der Waals surface area contributed by atoms with Gasteiger partial charge in [-0.05, 0) is 11.8 Å². The van der Waals surface area contributed by atoms with E-state index in [1.807, 2.05) is 13.8 Å². The summed E-state index contributed by atoms with van der Waals surface area (Å²) in [5.74, 6) is -0.0585. The van der Waals surface area contributed by atoms with Crippen molar-refractivity contribution in [2.75, 3.05) is 0 Å². The first-order valence-electron chi connectivity index (χ1n) is 3.72. The van der Waals surface area contributed by atoms with E-state index in [0.29, 0.717) is 0 Å². The molecule has 0 amide bonds. The summed E-state index contributed by atoms with van der Waals surface area (Å²) in [6.07, 6.45) is 2.51. The van der Waals surface area contributed by atoms with E-state index < -0.39 is 0 Å². The maximum atomic E-state index is 9.19. The van der Waals surface area contributed by atoms with Gasteiger partial charge in [0.15, 0.2) is 0 Å². The van der Waals surface area contributed by atoms with E-state index >= 15 is 0 Å². The first kappa shape index (κ1) is 8.11. The van der Waals surface area contributed by atoms with Crippen LogP contribution in [-0.2, 0) is 5.41 Å². The highest BCUT2D eigenvalue weighted by Gasteiger charge is 2.24. The van der Waals surface area contributed by atoms with Crippen molar-refractivity contribution in [1.82, 2.24) is 5.16 Å². The molecule has 0 atom stereocenters. The molecule has 1 heterocycles. The fraction of sp³-hybridized carbons (Fsp3) is 0.625. The Balaban J connectivity index is 3.00. The highest BCUT2D eigenvalue weighted by atomic mass is 16.5. The third-order valence-corrected chi connectivity index (χ3v) is 2.16. The van der Waals surface area contributed by atoms with Gasteiger partial charge >= 0.3 is 5.95 Å². The van der Waals surface area contributed by atoms with Gasteiger partial charge in [-0.25, -0.2) is 0 Å². The van der Waals surface area contributed by atoms with Crippen molar-refractivity contribution in [3.05, 3.63) is 11.8 Å². The van der Waals surface area contributed by atoms with Gasteiger partial charge < -0.3 is 9.63 Å². The number of aromatic hydroxyl groups is 1. The molecule has 3 nitrogen and oxygen atoms in total. The molecule has 0 spiro atoms. The Hall–Kier alpha value is -0.990. The molecular weight excluding hydrogens is 142 g/mol. The monoisotopic (exact) mass is 155 g/mol. The minimum atomic E-state index is -0.0585. The van der Waals surface area contributed by atoms with Crippen molar-refractivity contribution >= 4 is 0 Å². The maximum absolute atomic E-state index is 9.19. The average molecular weight is 155 g/mol. The molecule has 0 fully saturated rings. The van der Waals surface area contributed by atoms with Crippen LogP contribution in [0, 0.1) is 0 Å². The molecule has 62 valence electrons. The van der Waals surface area contributed by atoms with Crippen LogP contribution in [0.1, 0.15) is 32.8 Å². The van der Waals surface area contributed by atoms with Crippen LogP contribution in [0.5, 0.6) is 5.95 Å². The maximum Gasteiger partial charge on any atom is 0.312 e. The number of nitrogens with zero attached hydrogens (tertiary/aromatic N) is 1. The molecular formula is C8H13NO2. The van der Waals surface area contributed by atoms with Crippen LogP contribution in [0.25, 0.3) is 0 Å². The van der Waals surface area contributed by atoms with Gasteiger partial charge in [0, 0.05) is 0 Å². The first-order chi connectivity index (χ1) is 5.08. The number of hydrogen-bond donors (Lipinski definition) is 1. The van der Waals surface area contributed by atoms with Crippen molar-refractivity contribution in [3.63, 3.8) is 0 Å². The van der Waals surface area contributed by atoms with Crippen LogP contribution >= 0.6 is 0 Å². The molecule has 1 N–H and O–H groups in total. The number of aromatic nitrogens is 1. The summed E-state index contributed by atoms with van der Waals surface area (Å²) in [6.45, 7) is 6.14. The van der Waals surface area contributed by atoms with Crippen LogP contribution < -0.4 is 0 Å². The van der Waals surface area contributed by atoms with Gasteiger partial charge in [-0.3, -0.25) is 0 Å². The standard InChI is InChI=1S/C8H13NO2/c1-4-8(2,3)6-5-9-11-7(6)10/h5,10H,4H2,1-3H3. The van der Waals surface area contributed by atoms with E-state index in [1.165, 1.54) is 0 Å². The fourth-order valence-electron chi connectivity index (χ4n) is 0.888. The number of hydrogen-bond acceptors (Lipinski definition) is 3. The predicted molar refractivity (Wildman–Crippen MR) is 41.5 cm³/mol. The second kappa shape index (κ2) is 2.57. The van der Waals surface area contributed by atoms with Crippen molar-refractivity contribution in [2.45, 2.75) is 32.6 Å². The molecule has 0 aliphatic carbocycles. The lowest BCUT2D eigenvalue weighted by molar-refractivity contribution is 0.269. The van der Waals surface area contributed by atoms with Gasteiger partial charge in [0.2, 0.25) is 0 Å². The Bertz CT molecular complexity index is 240. The van der Waals surface area contributed by atoms with Crippen molar-refractivity contribution < 1.29 is 9.63 Å². The highest BCUT2D eigenvalue weighted by molar-refractivity contribution is 5.26. The lowest BCUT2D eigenvalue weighted by Crippen LogP contribution is -2.14. The Morgan fingerprint density at radius 2 is 2.27 bits per heavy atom. The lowest BCUT2D eigenvalue weighted by atomic mass is 9.84. The van der Waals surface area contributed by atoms with E-state index in [4.69, 9.17) is 0 Å². The van der Waals surface area contributed by atoms with Crippen molar-refractivity contribution in [1.29, 1.82) is 0 Å². The van der Waals surface area contributed by atoms with Gasteiger partial charge in [-0.1, -0.05) is 25.9 Å². The zero-order valence-electron chi connectivity index (χ0n) is 7.09. The summed E-state index contributed by atoms with van der Waals surface area (Å²) >= 11 is 0. The number of rotatable bonds is 2. The molecule has 0 unspecified atom stereocenters. The molecule has 1 rings (SSSR count). The van der Waals surface area contributed by atoms with Gasteiger partial charge in [0.1, 0.15) is 0 Å². The van der Waals surface area contributed by atoms with E-state index in [1.54, 1.807) is 6.20 Å². The predicted octanol–water partition coefficient (Wildman–Crippen LogP) is 2.07. The summed E-state index contributed by atoms with van der Waals surface area (Å²) in [4.78, 5) is 0. The Labute approximate surface area is 66.0 Å². The molecule has 0 aliphatic rings. The average Bonchev–Trinajstić information content (AvgIpc) is 2.36. The largest absolute Gasteiger partial charge is 0.479 e. The van der Waals surface area contributed by atoms with Crippen LogP contribution in [0.2, 0.25) is 0 Å². The molecule has 0 saturated carbocycles. The Morgan fingerprint density at radius 3 is 2.64 bits per heavy atom. The topological polar surface area (TPSA) is 46.3 Å². The third kappa shape index (κ3) is 1.37. The van der Waals surface area contributed by atoms with Crippen LogP contribution in [-0.4, -0.2) is 10.3 Å². The zero-order valence-corrected chi connectivity index (χ0v) is 7.09. The smallest absolute Gasteiger partial charge is 0.312 e. The van der Waals surface area contributed by atoms with E-state index in [0.717, 1.165) is 12.0 Å². The third-order valence-electron chi connectivity index (χ3n) is 2.16. The fourth-order valence-corrected chi connectivity index (χ4v) is 0.888. The summed E-state index contributed by atoms with van der Waals surface area (Å²) in [6, 6.07) is 0. The zero-order chi connectivity index (χ0) is 8.48. The SMILES string of the molecule is CCC(C)(C)c1cnoc1O. The Morgan fingerprint density at radius 1 is 1.64 bits per heavy atom. The van der Waals surface area contributed by atoms with Gasteiger partial charge in [-0.2, -0.15) is 0 Å². The van der Waals surface area contributed by atoms with Gasteiger partial charge in [0.25, 0.3) is 0 Å².